The zero-order chi connectivity index (χ0) is 13.7. The molecule has 2 rings (SSSR count). The van der Waals surface area contributed by atoms with Crippen LogP contribution < -0.4 is 11.1 Å². The lowest BCUT2D eigenvalue weighted by Gasteiger charge is -2.12. The molecule has 1 atom stereocenters. The van der Waals surface area contributed by atoms with Crippen LogP contribution in [0.5, 0.6) is 0 Å². The molecule has 0 spiro atoms. The van der Waals surface area contributed by atoms with Crippen LogP contribution in [0.25, 0.3) is 0 Å². The van der Waals surface area contributed by atoms with E-state index in [-0.39, 0.29) is 5.69 Å². The number of aliphatic hydroxyl groups is 1. The molecule has 0 saturated carbocycles. The normalized spacial score (nSPS) is 11.8. The minimum atomic E-state index is -0.640. The Morgan fingerprint density at radius 2 is 1.95 bits per heavy atom. The quantitative estimate of drug-likeness (QED) is 0.733. The van der Waals surface area contributed by atoms with Crippen LogP contribution in [0.1, 0.15) is 22.2 Å². The number of rotatable bonds is 5. The topological polar surface area (TPSA) is 101 Å². The van der Waals surface area contributed by atoms with Gasteiger partial charge in [0.05, 0.1) is 6.10 Å². The van der Waals surface area contributed by atoms with Crippen molar-refractivity contribution in [1.29, 1.82) is 0 Å². The third-order valence-corrected chi connectivity index (χ3v) is 2.58. The second-order valence-electron chi connectivity index (χ2n) is 3.98. The highest BCUT2D eigenvalue weighted by Crippen LogP contribution is 2.12. The fourth-order valence-corrected chi connectivity index (χ4v) is 1.55. The minimum Gasteiger partial charge on any atom is -0.387 e. The molecule has 6 nitrogen and oxygen atoms in total. The molecule has 0 aliphatic carbocycles. The molecule has 0 aliphatic heterocycles. The lowest BCUT2D eigenvalue weighted by molar-refractivity contribution is 0.0994. The van der Waals surface area contributed by atoms with Gasteiger partial charge >= 0.3 is 0 Å². The van der Waals surface area contributed by atoms with Gasteiger partial charge in [-0.1, -0.05) is 30.3 Å². The van der Waals surface area contributed by atoms with Gasteiger partial charge in [-0.25, -0.2) is 0 Å². The predicted molar refractivity (Wildman–Crippen MR) is 70.4 cm³/mol. The van der Waals surface area contributed by atoms with Crippen LogP contribution in [0.15, 0.2) is 42.5 Å². The standard InChI is InChI=1S/C13H14N4O2/c14-13(19)10-6-7-12(17-16-10)15-8-11(18)9-4-2-1-3-5-9/h1-7,11,18H,8H2,(H2,14,19)(H,15,17). The number of benzene rings is 1. The van der Waals surface area contributed by atoms with E-state index in [9.17, 15) is 9.90 Å². The number of hydrogen-bond acceptors (Lipinski definition) is 5. The Balaban J connectivity index is 1.93. The van der Waals surface area contributed by atoms with Gasteiger partial charge in [-0.15, -0.1) is 10.2 Å². The third-order valence-electron chi connectivity index (χ3n) is 2.58. The van der Waals surface area contributed by atoms with Crippen molar-refractivity contribution in [2.24, 2.45) is 5.73 Å². The fourth-order valence-electron chi connectivity index (χ4n) is 1.55. The smallest absolute Gasteiger partial charge is 0.269 e. The first-order chi connectivity index (χ1) is 9.16. The van der Waals surface area contributed by atoms with E-state index in [1.54, 1.807) is 6.07 Å². The second-order valence-corrected chi connectivity index (χ2v) is 3.98. The summed E-state index contributed by atoms with van der Waals surface area (Å²) in [5.41, 5.74) is 5.98. The van der Waals surface area contributed by atoms with E-state index in [2.05, 4.69) is 15.5 Å². The van der Waals surface area contributed by atoms with Crippen LogP contribution in [-0.4, -0.2) is 27.8 Å². The van der Waals surface area contributed by atoms with Gasteiger partial charge in [0.15, 0.2) is 5.69 Å². The average molecular weight is 258 g/mol. The molecule has 2 aromatic rings. The number of primary amides is 1. The summed E-state index contributed by atoms with van der Waals surface area (Å²) in [5, 5.41) is 20.3. The Morgan fingerprint density at radius 1 is 1.21 bits per heavy atom. The molecule has 1 unspecified atom stereocenters. The van der Waals surface area contributed by atoms with Crippen LogP contribution in [-0.2, 0) is 0 Å². The molecule has 1 heterocycles. The van der Waals surface area contributed by atoms with Crippen LogP contribution >= 0.6 is 0 Å². The maximum absolute atomic E-state index is 10.8. The van der Waals surface area contributed by atoms with Gasteiger partial charge in [-0.2, -0.15) is 0 Å². The number of nitrogens with zero attached hydrogens (tertiary/aromatic N) is 2. The molecule has 0 radical (unpaired) electrons. The summed E-state index contributed by atoms with van der Waals surface area (Å²) >= 11 is 0. The van der Waals surface area contributed by atoms with Crippen molar-refractivity contribution in [3.8, 4) is 0 Å². The monoisotopic (exact) mass is 258 g/mol. The van der Waals surface area contributed by atoms with Crippen molar-refractivity contribution in [3.05, 3.63) is 53.7 Å². The molecule has 19 heavy (non-hydrogen) atoms. The van der Waals surface area contributed by atoms with Crippen molar-refractivity contribution in [1.82, 2.24) is 10.2 Å². The Kier molecular flexibility index (Phi) is 4.04. The Hall–Kier alpha value is -2.47. The van der Waals surface area contributed by atoms with Crippen molar-refractivity contribution < 1.29 is 9.90 Å². The van der Waals surface area contributed by atoms with Gasteiger partial charge in [0.25, 0.3) is 5.91 Å². The number of anilines is 1. The summed E-state index contributed by atoms with van der Waals surface area (Å²) in [4.78, 5) is 10.8. The molecule has 0 fully saturated rings. The van der Waals surface area contributed by atoms with Crippen LogP contribution in [0.4, 0.5) is 5.82 Å². The average Bonchev–Trinajstić information content (AvgIpc) is 2.46. The van der Waals surface area contributed by atoms with E-state index < -0.39 is 12.0 Å². The van der Waals surface area contributed by atoms with Gasteiger partial charge in [-0.3, -0.25) is 4.79 Å². The summed E-state index contributed by atoms with van der Waals surface area (Å²) < 4.78 is 0. The number of carbonyl (C=O) groups is 1. The number of nitrogens with one attached hydrogen (secondary N) is 1. The molecule has 1 aromatic heterocycles. The van der Waals surface area contributed by atoms with Crippen LogP contribution in [0, 0.1) is 0 Å². The first-order valence-electron chi connectivity index (χ1n) is 5.77. The highest BCUT2D eigenvalue weighted by atomic mass is 16.3. The maximum atomic E-state index is 10.8. The van der Waals surface area contributed by atoms with E-state index in [0.29, 0.717) is 12.4 Å². The fraction of sp³-hybridized carbons (Fsp3) is 0.154. The number of aliphatic hydroxyl groups excluding tert-OH is 1. The third kappa shape index (κ3) is 3.49. The summed E-state index contributed by atoms with van der Waals surface area (Å²) in [6, 6.07) is 12.4. The molecule has 98 valence electrons. The highest BCUT2D eigenvalue weighted by molar-refractivity contribution is 5.90. The summed E-state index contributed by atoms with van der Waals surface area (Å²) in [5.74, 6) is -0.150. The van der Waals surface area contributed by atoms with Crippen molar-refractivity contribution in [2.75, 3.05) is 11.9 Å². The molecule has 4 N–H and O–H groups in total. The zero-order valence-electron chi connectivity index (χ0n) is 10.2. The molecular weight excluding hydrogens is 244 g/mol. The first kappa shape index (κ1) is 13.0. The molecule has 0 saturated heterocycles. The molecule has 1 aromatic carbocycles. The first-order valence-corrected chi connectivity index (χ1v) is 5.77. The molecule has 0 bridgehead atoms. The van der Waals surface area contributed by atoms with Crippen LogP contribution in [0.2, 0.25) is 0 Å². The summed E-state index contributed by atoms with van der Waals surface area (Å²) in [6.07, 6.45) is -0.640. The van der Waals surface area contributed by atoms with Gasteiger partial charge in [0, 0.05) is 6.54 Å². The number of carbonyl (C=O) groups excluding carboxylic acids is 1. The predicted octanol–water partition coefficient (Wildman–Crippen LogP) is 0.721. The van der Waals surface area contributed by atoms with E-state index in [4.69, 9.17) is 5.73 Å². The van der Waals surface area contributed by atoms with Crippen molar-refractivity contribution >= 4 is 11.7 Å². The van der Waals surface area contributed by atoms with Crippen molar-refractivity contribution in [3.63, 3.8) is 0 Å². The summed E-state index contributed by atoms with van der Waals surface area (Å²) in [6.45, 7) is 0.300. The number of nitrogens with two attached hydrogens (primary N) is 1. The largest absolute Gasteiger partial charge is 0.387 e. The molecular formula is C13H14N4O2. The number of hydrogen-bond donors (Lipinski definition) is 3. The van der Waals surface area contributed by atoms with Crippen molar-refractivity contribution in [2.45, 2.75) is 6.10 Å². The zero-order valence-corrected chi connectivity index (χ0v) is 10.2. The van der Waals surface area contributed by atoms with E-state index >= 15 is 0 Å². The van der Waals surface area contributed by atoms with Gasteiger partial charge in [-0.05, 0) is 17.7 Å². The molecule has 1 amide bonds. The SMILES string of the molecule is NC(=O)c1ccc(NCC(O)c2ccccc2)nn1. The van der Waals surface area contributed by atoms with Gasteiger partial charge < -0.3 is 16.2 Å². The van der Waals surface area contributed by atoms with Gasteiger partial charge in [0.1, 0.15) is 5.82 Å². The molecule has 0 aliphatic rings. The Bertz CT molecular complexity index is 542. The number of aromatic nitrogens is 2. The highest BCUT2D eigenvalue weighted by Gasteiger charge is 2.07. The minimum absolute atomic E-state index is 0.106. The second kappa shape index (κ2) is 5.92. The summed E-state index contributed by atoms with van der Waals surface area (Å²) in [7, 11) is 0. The number of amides is 1. The molecule has 6 heteroatoms. The van der Waals surface area contributed by atoms with Crippen LogP contribution in [0.3, 0.4) is 0 Å². The van der Waals surface area contributed by atoms with E-state index in [1.807, 2.05) is 30.3 Å². The van der Waals surface area contributed by atoms with E-state index in [1.165, 1.54) is 6.07 Å². The Labute approximate surface area is 110 Å². The lowest BCUT2D eigenvalue weighted by Crippen LogP contribution is -2.16. The van der Waals surface area contributed by atoms with E-state index in [0.717, 1.165) is 5.56 Å². The maximum Gasteiger partial charge on any atom is 0.269 e. The van der Waals surface area contributed by atoms with Gasteiger partial charge in [0.2, 0.25) is 0 Å². The Morgan fingerprint density at radius 3 is 2.53 bits per heavy atom. The lowest BCUT2D eigenvalue weighted by atomic mass is 10.1.